The molecule has 0 saturated carbocycles. The van der Waals surface area contributed by atoms with Crippen LogP contribution in [-0.2, 0) is 14.8 Å². The summed E-state index contributed by atoms with van der Waals surface area (Å²) in [5.41, 5.74) is 3.55. The van der Waals surface area contributed by atoms with E-state index in [2.05, 4.69) is 44.3 Å². The highest BCUT2D eigenvalue weighted by molar-refractivity contribution is 7.89. The molecular weight excluding hydrogens is 336 g/mol. The lowest BCUT2D eigenvalue weighted by atomic mass is 9.96. The molecule has 5 nitrogen and oxygen atoms in total. The van der Waals surface area contributed by atoms with E-state index in [4.69, 9.17) is 0 Å². The molecule has 1 fully saturated rings. The number of aryl methyl sites for hydroxylation is 2. The Morgan fingerprint density at radius 3 is 2.60 bits per heavy atom. The van der Waals surface area contributed by atoms with Crippen molar-refractivity contribution in [2.45, 2.75) is 53.0 Å². The van der Waals surface area contributed by atoms with Crippen LogP contribution in [0, 0.1) is 19.8 Å². The molecule has 1 saturated heterocycles. The molecule has 1 amide bonds. The Balaban J connectivity index is 2.07. The van der Waals surface area contributed by atoms with Crippen LogP contribution in [0.2, 0.25) is 0 Å². The zero-order valence-electron chi connectivity index (χ0n) is 15.7. The van der Waals surface area contributed by atoms with Gasteiger partial charge in [-0.25, -0.2) is 12.7 Å². The van der Waals surface area contributed by atoms with E-state index in [1.807, 2.05) is 0 Å². The summed E-state index contributed by atoms with van der Waals surface area (Å²) in [5.74, 6) is -0.224. The lowest BCUT2D eigenvalue weighted by Crippen LogP contribution is -2.46. The largest absolute Gasteiger partial charge is 0.349 e. The molecule has 1 aromatic carbocycles. The number of nitrogens with zero attached hydrogens (tertiary/aromatic N) is 1. The van der Waals surface area contributed by atoms with E-state index in [1.54, 1.807) is 6.92 Å². The molecule has 25 heavy (non-hydrogen) atoms. The van der Waals surface area contributed by atoms with E-state index in [-0.39, 0.29) is 23.6 Å². The van der Waals surface area contributed by atoms with Crippen LogP contribution in [-0.4, -0.2) is 37.5 Å². The van der Waals surface area contributed by atoms with Gasteiger partial charge in [-0.2, -0.15) is 0 Å². The number of hydrogen-bond acceptors (Lipinski definition) is 3. The standard InChI is InChI=1S/C19H30N2O3S/c1-5-18(16-10-9-14(3)15(4)12-16)20-19(22)17-8-7-11-21(13-17)25(23,24)6-2/h9-10,12,17-18H,5-8,11,13H2,1-4H3,(H,20,22)/t17-,18-/m0/s1. The summed E-state index contributed by atoms with van der Waals surface area (Å²) in [5, 5.41) is 3.13. The molecule has 1 heterocycles. The second-order valence-corrected chi connectivity index (χ2v) is 9.17. The molecule has 0 aliphatic carbocycles. The van der Waals surface area contributed by atoms with Crippen LogP contribution < -0.4 is 5.32 Å². The highest BCUT2D eigenvalue weighted by atomic mass is 32.2. The van der Waals surface area contributed by atoms with E-state index in [0.717, 1.165) is 24.8 Å². The third-order valence-corrected chi connectivity index (χ3v) is 7.02. The van der Waals surface area contributed by atoms with Crippen molar-refractivity contribution in [3.63, 3.8) is 0 Å². The third kappa shape index (κ3) is 4.82. The summed E-state index contributed by atoms with van der Waals surface area (Å²) in [6.45, 7) is 8.66. The van der Waals surface area contributed by atoms with Gasteiger partial charge in [-0.3, -0.25) is 4.79 Å². The summed E-state index contributed by atoms with van der Waals surface area (Å²) in [6.07, 6.45) is 2.28. The molecule has 1 aromatic rings. The van der Waals surface area contributed by atoms with Gasteiger partial charge in [0.1, 0.15) is 0 Å². The molecule has 0 spiro atoms. The summed E-state index contributed by atoms with van der Waals surface area (Å²) in [7, 11) is -3.23. The minimum Gasteiger partial charge on any atom is -0.349 e. The molecule has 140 valence electrons. The monoisotopic (exact) mass is 366 g/mol. The van der Waals surface area contributed by atoms with Gasteiger partial charge in [0.25, 0.3) is 0 Å². The van der Waals surface area contributed by atoms with Crippen LogP contribution in [0.1, 0.15) is 55.8 Å². The number of sulfonamides is 1. The van der Waals surface area contributed by atoms with Crippen LogP contribution in [0.15, 0.2) is 18.2 Å². The zero-order valence-corrected chi connectivity index (χ0v) is 16.5. The zero-order chi connectivity index (χ0) is 18.6. The van der Waals surface area contributed by atoms with Crippen molar-refractivity contribution in [2.24, 2.45) is 5.92 Å². The van der Waals surface area contributed by atoms with Crippen molar-refractivity contribution in [3.05, 3.63) is 34.9 Å². The first-order chi connectivity index (χ1) is 11.8. The van der Waals surface area contributed by atoms with Gasteiger partial charge in [-0.15, -0.1) is 0 Å². The fourth-order valence-corrected chi connectivity index (χ4v) is 4.46. The molecule has 1 aliphatic rings. The van der Waals surface area contributed by atoms with Crippen molar-refractivity contribution in [3.8, 4) is 0 Å². The molecular formula is C19H30N2O3S. The van der Waals surface area contributed by atoms with Crippen molar-refractivity contribution in [1.29, 1.82) is 0 Å². The van der Waals surface area contributed by atoms with Crippen molar-refractivity contribution in [2.75, 3.05) is 18.8 Å². The van der Waals surface area contributed by atoms with Gasteiger partial charge in [0.2, 0.25) is 15.9 Å². The van der Waals surface area contributed by atoms with E-state index in [0.29, 0.717) is 13.1 Å². The lowest BCUT2D eigenvalue weighted by molar-refractivity contribution is -0.126. The molecule has 2 atom stereocenters. The number of nitrogens with one attached hydrogen (secondary N) is 1. The number of carbonyl (C=O) groups is 1. The average molecular weight is 367 g/mol. The van der Waals surface area contributed by atoms with E-state index in [1.165, 1.54) is 15.4 Å². The first kappa shape index (κ1) is 19.9. The van der Waals surface area contributed by atoms with Gasteiger partial charge in [0.15, 0.2) is 0 Å². The van der Waals surface area contributed by atoms with Gasteiger partial charge >= 0.3 is 0 Å². The first-order valence-corrected chi connectivity index (χ1v) is 10.7. The summed E-state index contributed by atoms with van der Waals surface area (Å²) < 4.78 is 25.6. The summed E-state index contributed by atoms with van der Waals surface area (Å²) in [6, 6.07) is 6.23. The third-order valence-electron chi connectivity index (χ3n) is 5.17. The molecule has 2 rings (SSSR count). The smallest absolute Gasteiger partial charge is 0.224 e. The predicted octanol–water partition coefficient (Wildman–Crippen LogP) is 2.93. The van der Waals surface area contributed by atoms with Gasteiger partial charge < -0.3 is 5.32 Å². The van der Waals surface area contributed by atoms with Gasteiger partial charge in [-0.05, 0) is 56.7 Å². The fourth-order valence-electron chi connectivity index (χ4n) is 3.28. The Kier molecular flexibility index (Phi) is 6.63. The highest BCUT2D eigenvalue weighted by Crippen LogP contribution is 2.23. The number of rotatable bonds is 6. The Labute approximate surface area is 151 Å². The van der Waals surface area contributed by atoms with Gasteiger partial charge in [-0.1, -0.05) is 25.1 Å². The predicted molar refractivity (Wildman–Crippen MR) is 101 cm³/mol. The number of carbonyl (C=O) groups excluding carboxylic acids is 1. The number of benzene rings is 1. The Hall–Kier alpha value is -1.40. The Morgan fingerprint density at radius 1 is 1.28 bits per heavy atom. The summed E-state index contributed by atoms with van der Waals surface area (Å²) in [4.78, 5) is 12.7. The second kappa shape index (κ2) is 8.32. The summed E-state index contributed by atoms with van der Waals surface area (Å²) >= 11 is 0. The van der Waals surface area contributed by atoms with E-state index >= 15 is 0 Å². The topological polar surface area (TPSA) is 66.5 Å². The Bertz CT molecular complexity index is 715. The highest BCUT2D eigenvalue weighted by Gasteiger charge is 2.32. The lowest BCUT2D eigenvalue weighted by Gasteiger charge is -2.32. The molecule has 0 unspecified atom stereocenters. The maximum absolute atomic E-state index is 12.7. The van der Waals surface area contributed by atoms with Gasteiger partial charge in [0, 0.05) is 13.1 Å². The van der Waals surface area contributed by atoms with E-state index < -0.39 is 10.0 Å². The molecule has 6 heteroatoms. The molecule has 1 aliphatic heterocycles. The minimum absolute atomic E-state index is 0.0371. The maximum atomic E-state index is 12.7. The number of amides is 1. The SMILES string of the molecule is CC[C@H](NC(=O)[C@H]1CCCN(S(=O)(=O)CC)C1)c1ccc(C)c(C)c1. The number of piperidine rings is 1. The molecule has 0 bridgehead atoms. The van der Waals surface area contributed by atoms with Crippen molar-refractivity contribution in [1.82, 2.24) is 9.62 Å². The van der Waals surface area contributed by atoms with Crippen LogP contribution in [0.4, 0.5) is 0 Å². The molecule has 1 N–H and O–H groups in total. The van der Waals surface area contributed by atoms with Gasteiger partial charge in [0.05, 0.1) is 17.7 Å². The molecule has 0 radical (unpaired) electrons. The van der Waals surface area contributed by atoms with Crippen molar-refractivity contribution < 1.29 is 13.2 Å². The average Bonchev–Trinajstić information content (AvgIpc) is 2.62. The van der Waals surface area contributed by atoms with Crippen LogP contribution in [0.25, 0.3) is 0 Å². The normalized spacial score (nSPS) is 20.2. The second-order valence-electron chi connectivity index (χ2n) is 6.91. The van der Waals surface area contributed by atoms with Crippen molar-refractivity contribution >= 4 is 15.9 Å². The van der Waals surface area contributed by atoms with Crippen LogP contribution in [0.5, 0.6) is 0 Å². The van der Waals surface area contributed by atoms with Crippen LogP contribution >= 0.6 is 0 Å². The number of hydrogen-bond donors (Lipinski definition) is 1. The maximum Gasteiger partial charge on any atom is 0.224 e. The van der Waals surface area contributed by atoms with Crippen LogP contribution in [0.3, 0.4) is 0 Å². The fraction of sp³-hybridized carbons (Fsp3) is 0.632. The quantitative estimate of drug-likeness (QED) is 0.842. The van der Waals surface area contributed by atoms with E-state index in [9.17, 15) is 13.2 Å². The first-order valence-electron chi connectivity index (χ1n) is 9.13. The minimum atomic E-state index is -3.23. The Morgan fingerprint density at radius 2 is 2.00 bits per heavy atom. The molecule has 0 aromatic heterocycles.